The second-order valence-corrected chi connectivity index (χ2v) is 4.98. The number of rotatable bonds is 6. The summed E-state index contributed by atoms with van der Waals surface area (Å²) in [7, 11) is 0. The molecule has 3 heteroatoms. The molecule has 0 aliphatic heterocycles. The standard InChI is InChI=1S/C15H23N3/c1-4-8-18(9-5-2)11-15-16-13-7-6-12(3)10-14(13)17-15/h6-7,10H,4-5,8-9,11H2,1-3H3,(H,16,17). The average Bonchev–Trinajstić information content (AvgIpc) is 2.71. The Labute approximate surface area is 109 Å². The Morgan fingerprint density at radius 1 is 1.17 bits per heavy atom. The Bertz CT molecular complexity index is 495. The molecule has 0 fully saturated rings. The number of nitrogens with zero attached hydrogens (tertiary/aromatic N) is 2. The average molecular weight is 245 g/mol. The summed E-state index contributed by atoms with van der Waals surface area (Å²) in [6.07, 6.45) is 2.39. The van der Waals surface area contributed by atoms with E-state index in [-0.39, 0.29) is 0 Å². The van der Waals surface area contributed by atoms with Crippen molar-refractivity contribution in [2.75, 3.05) is 13.1 Å². The van der Waals surface area contributed by atoms with Crippen molar-refractivity contribution in [1.82, 2.24) is 14.9 Å². The van der Waals surface area contributed by atoms with Crippen LogP contribution in [0.2, 0.25) is 0 Å². The number of H-pyrrole nitrogens is 1. The largest absolute Gasteiger partial charge is 0.341 e. The van der Waals surface area contributed by atoms with Crippen molar-refractivity contribution in [2.24, 2.45) is 0 Å². The zero-order valence-electron chi connectivity index (χ0n) is 11.7. The fourth-order valence-electron chi connectivity index (χ4n) is 2.37. The predicted octanol–water partition coefficient (Wildman–Crippen LogP) is 3.49. The molecule has 0 radical (unpaired) electrons. The Hall–Kier alpha value is -1.35. The number of aromatic nitrogens is 2. The van der Waals surface area contributed by atoms with Gasteiger partial charge < -0.3 is 4.98 Å². The number of hydrogen-bond acceptors (Lipinski definition) is 2. The maximum absolute atomic E-state index is 4.66. The zero-order chi connectivity index (χ0) is 13.0. The molecule has 1 N–H and O–H groups in total. The molecule has 2 rings (SSSR count). The normalized spacial score (nSPS) is 11.6. The minimum Gasteiger partial charge on any atom is -0.341 e. The quantitative estimate of drug-likeness (QED) is 0.844. The second kappa shape index (κ2) is 6.01. The van der Waals surface area contributed by atoms with Gasteiger partial charge in [-0.05, 0) is 50.6 Å². The molecule has 0 aliphatic rings. The summed E-state index contributed by atoms with van der Waals surface area (Å²) in [6, 6.07) is 6.37. The van der Waals surface area contributed by atoms with Gasteiger partial charge in [0.05, 0.1) is 17.6 Å². The van der Waals surface area contributed by atoms with Crippen LogP contribution >= 0.6 is 0 Å². The van der Waals surface area contributed by atoms with Gasteiger partial charge in [-0.15, -0.1) is 0 Å². The fourth-order valence-corrected chi connectivity index (χ4v) is 2.37. The summed E-state index contributed by atoms with van der Waals surface area (Å²) in [6.45, 7) is 9.78. The van der Waals surface area contributed by atoms with Crippen LogP contribution in [0, 0.1) is 6.92 Å². The van der Waals surface area contributed by atoms with Gasteiger partial charge in [-0.2, -0.15) is 0 Å². The molecule has 0 saturated heterocycles. The highest BCUT2D eigenvalue weighted by molar-refractivity contribution is 5.75. The van der Waals surface area contributed by atoms with Crippen LogP contribution in [0.25, 0.3) is 11.0 Å². The van der Waals surface area contributed by atoms with Crippen LogP contribution in [-0.4, -0.2) is 28.0 Å². The first kappa shape index (κ1) is 13.1. The monoisotopic (exact) mass is 245 g/mol. The van der Waals surface area contributed by atoms with E-state index >= 15 is 0 Å². The van der Waals surface area contributed by atoms with Gasteiger partial charge in [0.2, 0.25) is 0 Å². The van der Waals surface area contributed by atoms with Gasteiger partial charge in [0.15, 0.2) is 0 Å². The Balaban J connectivity index is 2.14. The molecular weight excluding hydrogens is 222 g/mol. The molecule has 0 amide bonds. The topological polar surface area (TPSA) is 31.9 Å². The molecule has 0 aliphatic carbocycles. The lowest BCUT2D eigenvalue weighted by atomic mass is 10.2. The molecule has 0 atom stereocenters. The van der Waals surface area contributed by atoms with E-state index in [1.54, 1.807) is 0 Å². The molecule has 0 saturated carbocycles. The van der Waals surface area contributed by atoms with Gasteiger partial charge in [0, 0.05) is 0 Å². The Morgan fingerprint density at radius 2 is 1.89 bits per heavy atom. The lowest BCUT2D eigenvalue weighted by molar-refractivity contribution is 0.261. The SMILES string of the molecule is CCCN(CCC)Cc1nc2ccc(C)cc2[nH]1. The van der Waals surface area contributed by atoms with Crippen molar-refractivity contribution in [2.45, 2.75) is 40.2 Å². The van der Waals surface area contributed by atoms with Crippen molar-refractivity contribution in [3.05, 3.63) is 29.6 Å². The first-order valence-electron chi connectivity index (χ1n) is 6.90. The number of fused-ring (bicyclic) bond motifs is 1. The van der Waals surface area contributed by atoms with Crippen LogP contribution in [0.15, 0.2) is 18.2 Å². The molecule has 1 heterocycles. The fraction of sp³-hybridized carbons (Fsp3) is 0.533. The molecule has 98 valence electrons. The Morgan fingerprint density at radius 3 is 2.56 bits per heavy atom. The number of nitrogens with one attached hydrogen (secondary N) is 1. The third-order valence-electron chi connectivity index (χ3n) is 3.14. The van der Waals surface area contributed by atoms with Gasteiger partial charge in [-0.25, -0.2) is 4.98 Å². The molecule has 3 nitrogen and oxygen atoms in total. The first-order chi connectivity index (χ1) is 8.72. The summed E-state index contributed by atoms with van der Waals surface area (Å²) in [4.78, 5) is 10.6. The van der Waals surface area contributed by atoms with E-state index in [0.29, 0.717) is 0 Å². The molecule has 1 aromatic heterocycles. The number of benzene rings is 1. The minimum absolute atomic E-state index is 0.926. The minimum atomic E-state index is 0.926. The predicted molar refractivity (Wildman–Crippen MR) is 76.7 cm³/mol. The highest BCUT2D eigenvalue weighted by Gasteiger charge is 2.08. The summed E-state index contributed by atoms with van der Waals surface area (Å²) < 4.78 is 0. The zero-order valence-corrected chi connectivity index (χ0v) is 11.7. The molecule has 18 heavy (non-hydrogen) atoms. The number of aromatic amines is 1. The van der Waals surface area contributed by atoms with Crippen molar-refractivity contribution < 1.29 is 0 Å². The van der Waals surface area contributed by atoms with E-state index in [1.807, 2.05) is 0 Å². The summed E-state index contributed by atoms with van der Waals surface area (Å²) in [5.74, 6) is 1.08. The third-order valence-corrected chi connectivity index (χ3v) is 3.14. The van der Waals surface area contributed by atoms with Gasteiger partial charge in [0.25, 0.3) is 0 Å². The van der Waals surface area contributed by atoms with Crippen molar-refractivity contribution >= 4 is 11.0 Å². The summed E-state index contributed by atoms with van der Waals surface area (Å²) >= 11 is 0. The molecular formula is C15H23N3. The third kappa shape index (κ3) is 3.10. The van der Waals surface area contributed by atoms with E-state index in [4.69, 9.17) is 0 Å². The van der Waals surface area contributed by atoms with E-state index in [1.165, 1.54) is 18.4 Å². The van der Waals surface area contributed by atoms with Crippen molar-refractivity contribution in [3.8, 4) is 0 Å². The molecule has 0 spiro atoms. The molecule has 2 aromatic rings. The number of hydrogen-bond donors (Lipinski definition) is 1. The Kier molecular flexibility index (Phi) is 4.37. The molecule has 0 unspecified atom stereocenters. The van der Waals surface area contributed by atoms with Crippen molar-refractivity contribution in [3.63, 3.8) is 0 Å². The van der Waals surface area contributed by atoms with Crippen molar-refractivity contribution in [1.29, 1.82) is 0 Å². The maximum atomic E-state index is 4.66. The van der Waals surface area contributed by atoms with Crippen LogP contribution in [0.5, 0.6) is 0 Å². The number of aryl methyl sites for hydroxylation is 1. The number of imidazole rings is 1. The van der Waals surface area contributed by atoms with Crippen LogP contribution in [-0.2, 0) is 6.54 Å². The second-order valence-electron chi connectivity index (χ2n) is 4.98. The molecule has 0 bridgehead atoms. The van der Waals surface area contributed by atoms with E-state index in [9.17, 15) is 0 Å². The highest BCUT2D eigenvalue weighted by Crippen LogP contribution is 2.14. The van der Waals surface area contributed by atoms with E-state index in [0.717, 1.165) is 36.5 Å². The smallest absolute Gasteiger partial charge is 0.121 e. The van der Waals surface area contributed by atoms with Gasteiger partial charge >= 0.3 is 0 Å². The van der Waals surface area contributed by atoms with Gasteiger partial charge in [-0.3, -0.25) is 4.90 Å². The lowest BCUT2D eigenvalue weighted by Crippen LogP contribution is -2.25. The van der Waals surface area contributed by atoms with Gasteiger partial charge in [0.1, 0.15) is 5.82 Å². The molecule has 1 aromatic carbocycles. The summed E-state index contributed by atoms with van der Waals surface area (Å²) in [5, 5.41) is 0. The first-order valence-corrected chi connectivity index (χ1v) is 6.90. The van der Waals surface area contributed by atoms with Gasteiger partial charge in [-0.1, -0.05) is 19.9 Å². The highest BCUT2D eigenvalue weighted by atomic mass is 15.1. The van der Waals surface area contributed by atoms with Crippen LogP contribution in [0.4, 0.5) is 0 Å². The lowest BCUT2D eigenvalue weighted by Gasteiger charge is -2.19. The summed E-state index contributed by atoms with van der Waals surface area (Å²) in [5.41, 5.74) is 3.50. The van der Waals surface area contributed by atoms with Crippen LogP contribution in [0.3, 0.4) is 0 Å². The van der Waals surface area contributed by atoms with Crippen LogP contribution < -0.4 is 0 Å². The van der Waals surface area contributed by atoms with E-state index < -0.39 is 0 Å². The van der Waals surface area contributed by atoms with Crippen LogP contribution in [0.1, 0.15) is 38.1 Å². The maximum Gasteiger partial charge on any atom is 0.121 e. The van der Waals surface area contributed by atoms with E-state index in [2.05, 4.69) is 53.8 Å².